The van der Waals surface area contributed by atoms with Gasteiger partial charge >= 0.3 is 5.69 Å². The lowest BCUT2D eigenvalue weighted by atomic mass is 9.87. The van der Waals surface area contributed by atoms with Crippen LogP contribution in [0.1, 0.15) is 54.0 Å². The molecule has 0 saturated carbocycles. The molecule has 2 aromatic rings. The van der Waals surface area contributed by atoms with E-state index in [2.05, 4.69) is 31.6 Å². The highest BCUT2D eigenvalue weighted by Crippen LogP contribution is 2.28. The predicted octanol–water partition coefficient (Wildman–Crippen LogP) is 3.37. The normalized spacial score (nSPS) is 10.9. The van der Waals surface area contributed by atoms with E-state index in [0.717, 1.165) is 11.6 Å². The van der Waals surface area contributed by atoms with Crippen LogP contribution < -0.4 is 15.6 Å². The summed E-state index contributed by atoms with van der Waals surface area (Å²) in [6, 6.07) is 10.9. The monoisotopic (exact) mass is 385 g/mol. The van der Waals surface area contributed by atoms with Gasteiger partial charge in [-0.2, -0.15) is 0 Å². The van der Waals surface area contributed by atoms with Gasteiger partial charge in [-0.05, 0) is 42.2 Å². The van der Waals surface area contributed by atoms with E-state index < -0.39 is 16.7 Å². The average molecular weight is 385 g/mol. The molecule has 0 aliphatic heterocycles. The lowest BCUT2D eigenvalue weighted by Gasteiger charge is -2.19. The number of hydrogen-bond acceptors (Lipinski definition) is 5. The van der Waals surface area contributed by atoms with Crippen molar-refractivity contribution in [3.8, 4) is 5.75 Å². The Morgan fingerprint density at radius 1 is 1.00 bits per heavy atom. The molecule has 0 atom stereocenters. The number of amides is 2. The Hall–Kier alpha value is -3.42. The van der Waals surface area contributed by atoms with E-state index in [1.165, 1.54) is 12.1 Å². The molecule has 2 N–H and O–H groups in total. The van der Waals surface area contributed by atoms with E-state index in [9.17, 15) is 19.7 Å². The molecule has 8 heteroatoms. The minimum atomic E-state index is -0.675. The molecule has 8 nitrogen and oxygen atoms in total. The van der Waals surface area contributed by atoms with Crippen LogP contribution in [0.15, 0.2) is 42.5 Å². The number of ether oxygens (including phenoxy) is 1. The summed E-state index contributed by atoms with van der Waals surface area (Å²) in [7, 11) is 0. The summed E-state index contributed by atoms with van der Waals surface area (Å²) in [4.78, 5) is 34.9. The lowest BCUT2D eigenvalue weighted by Crippen LogP contribution is -2.41. The maximum absolute atomic E-state index is 12.2. The minimum absolute atomic E-state index is 0.0264. The standard InChI is InChI=1S/C20H23N3O5/c1-5-28-17-11-8-14(12-16(17)23(26)27)19(25)22-21-18(24)13-6-9-15(10-7-13)20(2,3)4/h6-12H,5H2,1-4H3,(H,21,24)(H,22,25). The van der Waals surface area contributed by atoms with E-state index in [1.807, 2.05) is 12.1 Å². The zero-order valence-electron chi connectivity index (χ0n) is 16.2. The Morgan fingerprint density at radius 2 is 1.54 bits per heavy atom. The summed E-state index contributed by atoms with van der Waals surface area (Å²) in [5, 5.41) is 11.1. The molecule has 0 fully saturated rings. The molecule has 2 amide bonds. The second kappa shape index (κ2) is 8.51. The summed E-state index contributed by atoms with van der Waals surface area (Å²) >= 11 is 0. The van der Waals surface area contributed by atoms with Crippen molar-refractivity contribution in [2.75, 3.05) is 6.61 Å². The van der Waals surface area contributed by atoms with E-state index >= 15 is 0 Å². The molecule has 0 aliphatic carbocycles. The number of nitrogens with zero attached hydrogens (tertiary/aromatic N) is 1. The maximum atomic E-state index is 12.2. The van der Waals surface area contributed by atoms with Crippen molar-refractivity contribution in [2.24, 2.45) is 0 Å². The van der Waals surface area contributed by atoms with Crippen molar-refractivity contribution in [3.63, 3.8) is 0 Å². The number of nitrogens with one attached hydrogen (secondary N) is 2. The molecule has 0 aromatic heterocycles. The Labute approximate surface area is 163 Å². The van der Waals surface area contributed by atoms with Crippen LogP contribution in [0.2, 0.25) is 0 Å². The second-order valence-corrected chi connectivity index (χ2v) is 7.11. The van der Waals surface area contributed by atoms with Gasteiger partial charge in [0.25, 0.3) is 11.8 Å². The number of nitro groups is 1. The van der Waals surface area contributed by atoms with Crippen LogP contribution in [0, 0.1) is 10.1 Å². The van der Waals surface area contributed by atoms with Crippen LogP contribution in [-0.4, -0.2) is 23.3 Å². The summed E-state index contributed by atoms with van der Waals surface area (Å²) in [6.45, 7) is 8.17. The van der Waals surface area contributed by atoms with Crippen molar-refractivity contribution in [1.29, 1.82) is 0 Å². The van der Waals surface area contributed by atoms with E-state index in [1.54, 1.807) is 19.1 Å². The first kappa shape index (κ1) is 20.9. The number of carbonyl (C=O) groups excluding carboxylic acids is 2. The highest BCUT2D eigenvalue weighted by molar-refractivity contribution is 5.99. The number of hydrogen-bond donors (Lipinski definition) is 2. The van der Waals surface area contributed by atoms with Crippen molar-refractivity contribution < 1.29 is 19.2 Å². The van der Waals surface area contributed by atoms with Gasteiger partial charge in [0.15, 0.2) is 5.75 Å². The summed E-state index contributed by atoms with van der Waals surface area (Å²) in [5.74, 6) is -1.09. The molecule has 0 bridgehead atoms. The van der Waals surface area contributed by atoms with Crippen LogP contribution in [0.4, 0.5) is 5.69 Å². The van der Waals surface area contributed by atoms with Gasteiger partial charge in [0.1, 0.15) is 0 Å². The SMILES string of the molecule is CCOc1ccc(C(=O)NNC(=O)c2ccc(C(C)(C)C)cc2)cc1[N+](=O)[O-]. The first-order chi connectivity index (χ1) is 13.1. The van der Waals surface area contributed by atoms with Gasteiger partial charge in [0.2, 0.25) is 0 Å². The number of nitro benzene ring substituents is 1. The third-order valence-corrected chi connectivity index (χ3v) is 4.02. The van der Waals surface area contributed by atoms with E-state index in [0.29, 0.717) is 5.56 Å². The molecule has 2 aromatic carbocycles. The molecule has 0 radical (unpaired) electrons. The minimum Gasteiger partial charge on any atom is -0.487 e. The third-order valence-electron chi connectivity index (χ3n) is 4.02. The Kier molecular flexibility index (Phi) is 6.35. The quantitative estimate of drug-likeness (QED) is 0.606. The molecule has 0 saturated heterocycles. The van der Waals surface area contributed by atoms with Gasteiger partial charge in [-0.25, -0.2) is 0 Å². The summed E-state index contributed by atoms with van der Waals surface area (Å²) in [5.41, 5.74) is 5.69. The number of benzene rings is 2. The Balaban J connectivity index is 2.06. The van der Waals surface area contributed by atoms with E-state index in [4.69, 9.17) is 4.74 Å². The first-order valence-corrected chi connectivity index (χ1v) is 8.76. The molecule has 0 heterocycles. The zero-order valence-corrected chi connectivity index (χ0v) is 16.2. The molecule has 148 valence electrons. The van der Waals surface area contributed by atoms with Gasteiger partial charge in [-0.3, -0.25) is 30.6 Å². The van der Waals surface area contributed by atoms with Crippen LogP contribution in [0.3, 0.4) is 0 Å². The highest BCUT2D eigenvalue weighted by atomic mass is 16.6. The van der Waals surface area contributed by atoms with Crippen LogP contribution in [0.25, 0.3) is 0 Å². The molecular weight excluding hydrogens is 362 g/mol. The van der Waals surface area contributed by atoms with Crippen LogP contribution in [0.5, 0.6) is 5.75 Å². The zero-order chi connectivity index (χ0) is 20.9. The number of rotatable bonds is 5. The molecule has 0 spiro atoms. The van der Waals surface area contributed by atoms with Crippen molar-refractivity contribution >= 4 is 17.5 Å². The van der Waals surface area contributed by atoms with Gasteiger partial charge in [-0.15, -0.1) is 0 Å². The van der Waals surface area contributed by atoms with Crippen molar-refractivity contribution in [3.05, 3.63) is 69.3 Å². The lowest BCUT2D eigenvalue weighted by molar-refractivity contribution is -0.385. The smallest absolute Gasteiger partial charge is 0.311 e. The fraction of sp³-hybridized carbons (Fsp3) is 0.300. The largest absolute Gasteiger partial charge is 0.487 e. The van der Waals surface area contributed by atoms with Crippen LogP contribution >= 0.6 is 0 Å². The average Bonchev–Trinajstić information content (AvgIpc) is 2.65. The highest BCUT2D eigenvalue weighted by Gasteiger charge is 2.19. The Morgan fingerprint density at radius 3 is 2.04 bits per heavy atom. The Bertz CT molecular complexity index is 886. The van der Waals surface area contributed by atoms with Crippen molar-refractivity contribution in [1.82, 2.24) is 10.9 Å². The van der Waals surface area contributed by atoms with Gasteiger partial charge < -0.3 is 4.74 Å². The van der Waals surface area contributed by atoms with Crippen LogP contribution in [-0.2, 0) is 5.41 Å². The predicted molar refractivity (Wildman–Crippen MR) is 104 cm³/mol. The van der Waals surface area contributed by atoms with Gasteiger partial charge in [0, 0.05) is 17.2 Å². The van der Waals surface area contributed by atoms with Gasteiger partial charge in [0.05, 0.1) is 11.5 Å². The topological polar surface area (TPSA) is 111 Å². The van der Waals surface area contributed by atoms with Crippen molar-refractivity contribution in [2.45, 2.75) is 33.1 Å². The fourth-order valence-corrected chi connectivity index (χ4v) is 2.46. The third kappa shape index (κ3) is 5.06. The van der Waals surface area contributed by atoms with E-state index in [-0.39, 0.29) is 29.0 Å². The second-order valence-electron chi connectivity index (χ2n) is 7.11. The fourth-order valence-electron chi connectivity index (χ4n) is 2.46. The molecule has 0 unspecified atom stereocenters. The first-order valence-electron chi connectivity index (χ1n) is 8.76. The summed E-state index contributed by atoms with van der Waals surface area (Å²) in [6.07, 6.45) is 0. The summed E-state index contributed by atoms with van der Waals surface area (Å²) < 4.78 is 5.18. The number of hydrazine groups is 1. The maximum Gasteiger partial charge on any atom is 0.311 e. The molecule has 0 aliphatic rings. The molecule has 28 heavy (non-hydrogen) atoms. The number of carbonyl (C=O) groups is 2. The van der Waals surface area contributed by atoms with Gasteiger partial charge in [-0.1, -0.05) is 32.9 Å². The molecule has 2 rings (SSSR count). The molecular formula is C20H23N3O5.